The number of carbonyl (C=O) groups excluding carboxylic acids is 1. The van der Waals surface area contributed by atoms with Gasteiger partial charge in [-0.15, -0.1) is 0 Å². The molecule has 2 rings (SSSR count). The van der Waals surface area contributed by atoms with Crippen LogP contribution in [0.3, 0.4) is 0 Å². The Kier molecular flexibility index (Phi) is 8.00. The molecule has 0 aliphatic rings. The molecule has 9 heteroatoms. The van der Waals surface area contributed by atoms with Gasteiger partial charge in [0.2, 0.25) is 0 Å². The van der Waals surface area contributed by atoms with E-state index in [0.717, 1.165) is 18.2 Å². The number of halogens is 4. The van der Waals surface area contributed by atoms with Gasteiger partial charge in [-0.25, -0.2) is 4.79 Å². The fraction of sp³-hybridized carbons (Fsp3) is 0.286. The van der Waals surface area contributed by atoms with Crippen molar-refractivity contribution in [3.8, 4) is 17.2 Å². The van der Waals surface area contributed by atoms with Crippen LogP contribution in [0.2, 0.25) is 5.02 Å². The van der Waals surface area contributed by atoms with Gasteiger partial charge in [0.15, 0.2) is 6.10 Å². The van der Waals surface area contributed by atoms with Crippen molar-refractivity contribution in [3.05, 3.63) is 64.9 Å². The normalized spacial score (nSPS) is 12.8. The van der Waals surface area contributed by atoms with Gasteiger partial charge in [-0.1, -0.05) is 11.6 Å². The van der Waals surface area contributed by atoms with Crippen LogP contribution >= 0.6 is 11.6 Å². The van der Waals surface area contributed by atoms with E-state index in [1.807, 2.05) is 0 Å². The van der Waals surface area contributed by atoms with Crippen molar-refractivity contribution in [2.75, 3.05) is 13.7 Å². The maximum atomic E-state index is 12.7. The van der Waals surface area contributed by atoms with Crippen LogP contribution in [-0.4, -0.2) is 25.8 Å². The smallest absolute Gasteiger partial charge is 0.416 e. The first kappa shape index (κ1) is 23.4. The lowest BCUT2D eigenvalue weighted by atomic mass is 10.2. The molecule has 0 bridgehead atoms. The zero-order chi connectivity index (χ0) is 22.3. The standard InChI is InChI=1S/C21H20ClF3O5/c1-4-28-20(26)12-19(27-3)13(2)29-15-6-8-16(9-7-15)30-18-10-5-14(11-17(18)22)21(23,24)25/h5-13H,4H2,1-3H3. The molecule has 1 unspecified atom stereocenters. The molecule has 0 saturated carbocycles. The van der Waals surface area contributed by atoms with Crippen LogP contribution in [0, 0.1) is 0 Å². The molecule has 2 aromatic rings. The zero-order valence-corrected chi connectivity index (χ0v) is 17.2. The highest BCUT2D eigenvalue weighted by Crippen LogP contribution is 2.36. The van der Waals surface area contributed by atoms with Gasteiger partial charge in [-0.3, -0.25) is 0 Å². The molecule has 0 fully saturated rings. The Morgan fingerprint density at radius 1 is 1.13 bits per heavy atom. The number of hydrogen-bond donors (Lipinski definition) is 0. The van der Waals surface area contributed by atoms with E-state index in [2.05, 4.69) is 0 Å². The highest BCUT2D eigenvalue weighted by atomic mass is 35.5. The minimum absolute atomic E-state index is 0.0887. The molecule has 1 atom stereocenters. The van der Waals surface area contributed by atoms with Gasteiger partial charge < -0.3 is 18.9 Å². The monoisotopic (exact) mass is 444 g/mol. The van der Waals surface area contributed by atoms with E-state index < -0.39 is 23.8 Å². The van der Waals surface area contributed by atoms with Crippen molar-refractivity contribution in [1.29, 1.82) is 0 Å². The molecule has 0 amide bonds. The first-order valence-electron chi connectivity index (χ1n) is 8.87. The molecule has 2 aromatic carbocycles. The van der Waals surface area contributed by atoms with Gasteiger partial charge in [-0.05, 0) is 56.3 Å². The van der Waals surface area contributed by atoms with Crippen LogP contribution < -0.4 is 9.47 Å². The molecule has 0 aliphatic heterocycles. The van der Waals surface area contributed by atoms with Gasteiger partial charge in [-0.2, -0.15) is 13.2 Å². The summed E-state index contributed by atoms with van der Waals surface area (Å²) in [6.07, 6.45) is -3.85. The quantitative estimate of drug-likeness (QED) is 0.283. The Balaban J connectivity index is 2.05. The molecule has 0 aliphatic carbocycles. The first-order valence-corrected chi connectivity index (χ1v) is 9.25. The summed E-state index contributed by atoms with van der Waals surface area (Å²) in [5.74, 6) is 0.642. The third kappa shape index (κ3) is 6.59. The predicted octanol–water partition coefficient (Wildman–Crippen LogP) is 6.01. The fourth-order valence-electron chi connectivity index (χ4n) is 2.38. The molecule has 5 nitrogen and oxygen atoms in total. The summed E-state index contributed by atoms with van der Waals surface area (Å²) in [6.45, 7) is 3.63. The fourth-order valence-corrected chi connectivity index (χ4v) is 2.60. The lowest BCUT2D eigenvalue weighted by Crippen LogP contribution is -2.18. The van der Waals surface area contributed by atoms with Crippen LogP contribution in [0.1, 0.15) is 19.4 Å². The molecular weight excluding hydrogens is 425 g/mol. The van der Waals surface area contributed by atoms with Crippen molar-refractivity contribution >= 4 is 17.6 Å². The van der Waals surface area contributed by atoms with E-state index in [0.29, 0.717) is 11.5 Å². The lowest BCUT2D eigenvalue weighted by Gasteiger charge is -2.17. The summed E-state index contributed by atoms with van der Waals surface area (Å²) in [7, 11) is 1.41. The Hall–Kier alpha value is -2.87. The topological polar surface area (TPSA) is 54.0 Å². The van der Waals surface area contributed by atoms with Crippen molar-refractivity contribution in [1.82, 2.24) is 0 Å². The number of ether oxygens (including phenoxy) is 4. The minimum atomic E-state index is -4.49. The first-order chi connectivity index (χ1) is 14.1. The van der Waals surface area contributed by atoms with Crippen molar-refractivity contribution in [3.63, 3.8) is 0 Å². The van der Waals surface area contributed by atoms with Gasteiger partial charge in [0.05, 0.1) is 30.4 Å². The van der Waals surface area contributed by atoms with Crippen molar-refractivity contribution < 1.29 is 36.9 Å². The van der Waals surface area contributed by atoms with E-state index >= 15 is 0 Å². The van der Waals surface area contributed by atoms with Gasteiger partial charge >= 0.3 is 12.1 Å². The maximum absolute atomic E-state index is 12.7. The average Bonchev–Trinajstić information content (AvgIpc) is 2.68. The Morgan fingerprint density at radius 3 is 2.30 bits per heavy atom. The average molecular weight is 445 g/mol. The number of benzene rings is 2. The Morgan fingerprint density at radius 2 is 1.77 bits per heavy atom. The molecule has 0 radical (unpaired) electrons. The van der Waals surface area contributed by atoms with Crippen LogP contribution in [0.25, 0.3) is 0 Å². The van der Waals surface area contributed by atoms with Crippen molar-refractivity contribution in [2.24, 2.45) is 0 Å². The van der Waals surface area contributed by atoms with E-state index in [1.165, 1.54) is 13.2 Å². The van der Waals surface area contributed by atoms with Crippen LogP contribution in [0.15, 0.2) is 54.3 Å². The Labute approximate surface area is 176 Å². The second-order valence-corrected chi connectivity index (χ2v) is 6.39. The number of alkyl halides is 3. The summed E-state index contributed by atoms with van der Waals surface area (Å²) in [6, 6.07) is 9.18. The lowest BCUT2D eigenvalue weighted by molar-refractivity contribution is -0.138. The minimum Gasteiger partial charge on any atom is -0.497 e. The number of rotatable bonds is 8. The van der Waals surface area contributed by atoms with Gasteiger partial charge in [0.1, 0.15) is 23.0 Å². The zero-order valence-electron chi connectivity index (χ0n) is 16.5. The summed E-state index contributed by atoms with van der Waals surface area (Å²) in [4.78, 5) is 11.6. The summed E-state index contributed by atoms with van der Waals surface area (Å²) in [5, 5.41) is -0.160. The largest absolute Gasteiger partial charge is 0.497 e. The third-order valence-corrected chi connectivity index (χ3v) is 4.10. The molecule has 162 valence electrons. The van der Waals surface area contributed by atoms with Gasteiger partial charge in [0, 0.05) is 0 Å². The highest BCUT2D eigenvalue weighted by Gasteiger charge is 2.31. The van der Waals surface area contributed by atoms with E-state index in [-0.39, 0.29) is 23.1 Å². The summed E-state index contributed by atoms with van der Waals surface area (Å²) < 4.78 is 59.4. The van der Waals surface area contributed by atoms with E-state index in [9.17, 15) is 18.0 Å². The van der Waals surface area contributed by atoms with E-state index in [4.69, 9.17) is 30.5 Å². The molecule has 0 heterocycles. The predicted molar refractivity (Wildman–Crippen MR) is 105 cm³/mol. The molecular formula is C21H20ClF3O5. The molecule has 0 spiro atoms. The summed E-state index contributed by atoms with van der Waals surface area (Å²) >= 11 is 5.89. The van der Waals surface area contributed by atoms with Crippen molar-refractivity contribution in [2.45, 2.75) is 26.1 Å². The second kappa shape index (κ2) is 10.2. The molecule has 0 saturated heterocycles. The molecule has 30 heavy (non-hydrogen) atoms. The number of methoxy groups -OCH3 is 1. The maximum Gasteiger partial charge on any atom is 0.416 e. The van der Waals surface area contributed by atoms with Crippen LogP contribution in [0.4, 0.5) is 13.2 Å². The molecule has 0 aromatic heterocycles. The number of carbonyl (C=O) groups is 1. The third-order valence-electron chi connectivity index (χ3n) is 3.81. The van der Waals surface area contributed by atoms with Crippen LogP contribution in [-0.2, 0) is 20.4 Å². The van der Waals surface area contributed by atoms with Crippen LogP contribution in [0.5, 0.6) is 17.2 Å². The summed E-state index contributed by atoms with van der Waals surface area (Å²) in [5.41, 5.74) is -0.859. The number of hydrogen-bond acceptors (Lipinski definition) is 5. The second-order valence-electron chi connectivity index (χ2n) is 5.98. The Bertz CT molecular complexity index is 895. The van der Waals surface area contributed by atoms with E-state index in [1.54, 1.807) is 38.1 Å². The SMILES string of the molecule is CCOC(=O)C=C(OC)C(C)Oc1ccc(Oc2ccc(C(F)(F)F)cc2Cl)cc1. The highest BCUT2D eigenvalue weighted by molar-refractivity contribution is 6.32. The molecule has 0 N–H and O–H groups in total. The van der Waals surface area contributed by atoms with Gasteiger partial charge in [0.25, 0.3) is 0 Å². The number of esters is 1.